The standard InChI is InChI=1S/C8H14N4O2/c1-3-8(2,14)4-9-7(13)6-10-5-11-12-6/h5,14H,3-4H2,1-2H3,(H,9,13)(H,10,11,12). The van der Waals surface area contributed by atoms with Gasteiger partial charge in [-0.3, -0.25) is 9.89 Å². The fourth-order valence-corrected chi connectivity index (χ4v) is 0.794. The van der Waals surface area contributed by atoms with Crippen LogP contribution in [-0.2, 0) is 0 Å². The molecule has 1 unspecified atom stereocenters. The Balaban J connectivity index is 2.43. The van der Waals surface area contributed by atoms with Crippen LogP contribution in [0.15, 0.2) is 6.33 Å². The SMILES string of the molecule is CCC(C)(O)CNC(=O)c1ncn[nH]1. The van der Waals surface area contributed by atoms with Crippen LogP contribution in [0.3, 0.4) is 0 Å². The number of nitrogens with one attached hydrogen (secondary N) is 2. The van der Waals surface area contributed by atoms with Gasteiger partial charge in [0.2, 0.25) is 5.82 Å². The topological polar surface area (TPSA) is 90.9 Å². The van der Waals surface area contributed by atoms with Crippen LogP contribution in [0.2, 0.25) is 0 Å². The lowest BCUT2D eigenvalue weighted by molar-refractivity contribution is 0.0515. The van der Waals surface area contributed by atoms with Gasteiger partial charge in [0.05, 0.1) is 5.60 Å². The van der Waals surface area contributed by atoms with Gasteiger partial charge in [-0.1, -0.05) is 6.92 Å². The van der Waals surface area contributed by atoms with E-state index in [2.05, 4.69) is 20.5 Å². The van der Waals surface area contributed by atoms with Gasteiger partial charge in [0.1, 0.15) is 6.33 Å². The highest BCUT2D eigenvalue weighted by atomic mass is 16.3. The number of H-pyrrole nitrogens is 1. The Kier molecular flexibility index (Phi) is 3.19. The molecule has 1 heterocycles. The third-order valence-corrected chi connectivity index (χ3v) is 2.02. The average Bonchev–Trinajstić information content (AvgIpc) is 2.67. The fourth-order valence-electron chi connectivity index (χ4n) is 0.794. The lowest BCUT2D eigenvalue weighted by Gasteiger charge is -2.20. The van der Waals surface area contributed by atoms with Gasteiger partial charge in [-0.25, -0.2) is 4.98 Å². The molecule has 0 saturated carbocycles. The molecule has 78 valence electrons. The maximum Gasteiger partial charge on any atom is 0.288 e. The molecule has 0 radical (unpaired) electrons. The first kappa shape index (κ1) is 10.6. The number of nitrogens with zero attached hydrogens (tertiary/aromatic N) is 2. The summed E-state index contributed by atoms with van der Waals surface area (Å²) in [7, 11) is 0. The molecule has 1 atom stereocenters. The van der Waals surface area contributed by atoms with Crippen LogP contribution in [0.5, 0.6) is 0 Å². The van der Waals surface area contributed by atoms with Crippen molar-refractivity contribution in [2.24, 2.45) is 0 Å². The van der Waals surface area contributed by atoms with Gasteiger partial charge in [0.25, 0.3) is 5.91 Å². The van der Waals surface area contributed by atoms with Gasteiger partial charge >= 0.3 is 0 Å². The van der Waals surface area contributed by atoms with Crippen molar-refractivity contribution in [3.63, 3.8) is 0 Å². The predicted octanol–water partition coefficient (Wildman–Crippen LogP) is -0.305. The van der Waals surface area contributed by atoms with Gasteiger partial charge in [-0.05, 0) is 13.3 Å². The molecule has 1 aromatic heterocycles. The van der Waals surface area contributed by atoms with Crippen molar-refractivity contribution in [1.29, 1.82) is 0 Å². The summed E-state index contributed by atoms with van der Waals surface area (Å²) in [5, 5.41) is 18.1. The largest absolute Gasteiger partial charge is 0.388 e. The summed E-state index contributed by atoms with van der Waals surface area (Å²) in [5.41, 5.74) is -0.879. The van der Waals surface area contributed by atoms with Crippen molar-refractivity contribution >= 4 is 5.91 Å². The van der Waals surface area contributed by atoms with Crippen molar-refractivity contribution in [1.82, 2.24) is 20.5 Å². The molecular weight excluding hydrogens is 184 g/mol. The zero-order valence-corrected chi connectivity index (χ0v) is 8.24. The number of carbonyl (C=O) groups is 1. The Morgan fingerprint density at radius 3 is 3.00 bits per heavy atom. The van der Waals surface area contributed by atoms with E-state index in [1.165, 1.54) is 6.33 Å². The van der Waals surface area contributed by atoms with Crippen molar-refractivity contribution in [2.45, 2.75) is 25.9 Å². The van der Waals surface area contributed by atoms with Crippen molar-refractivity contribution in [3.05, 3.63) is 12.2 Å². The Hall–Kier alpha value is -1.43. The van der Waals surface area contributed by atoms with Crippen LogP contribution in [0.1, 0.15) is 30.9 Å². The van der Waals surface area contributed by atoms with E-state index in [0.29, 0.717) is 6.42 Å². The van der Waals surface area contributed by atoms with Gasteiger partial charge in [-0.2, -0.15) is 5.10 Å². The minimum Gasteiger partial charge on any atom is -0.388 e. The number of aromatic nitrogens is 3. The summed E-state index contributed by atoms with van der Waals surface area (Å²) in [4.78, 5) is 15.0. The van der Waals surface area contributed by atoms with E-state index in [4.69, 9.17) is 0 Å². The molecule has 6 heteroatoms. The average molecular weight is 198 g/mol. The Morgan fingerprint density at radius 1 is 1.79 bits per heavy atom. The summed E-state index contributed by atoms with van der Waals surface area (Å²) >= 11 is 0. The second-order valence-electron chi connectivity index (χ2n) is 3.37. The number of rotatable bonds is 4. The first-order valence-corrected chi connectivity index (χ1v) is 4.41. The zero-order valence-electron chi connectivity index (χ0n) is 8.24. The predicted molar refractivity (Wildman–Crippen MR) is 49.6 cm³/mol. The summed E-state index contributed by atoms with van der Waals surface area (Å²) < 4.78 is 0. The molecule has 0 bridgehead atoms. The molecule has 6 nitrogen and oxygen atoms in total. The third kappa shape index (κ3) is 2.81. The monoisotopic (exact) mass is 198 g/mol. The minimum absolute atomic E-state index is 0.150. The van der Waals surface area contributed by atoms with Crippen LogP contribution in [-0.4, -0.2) is 38.3 Å². The number of carbonyl (C=O) groups excluding carboxylic acids is 1. The molecule has 0 spiro atoms. The molecule has 3 N–H and O–H groups in total. The summed E-state index contributed by atoms with van der Waals surface area (Å²) in [5.74, 6) is -0.215. The molecule has 0 aliphatic carbocycles. The Bertz CT molecular complexity index is 294. The van der Waals surface area contributed by atoms with Crippen LogP contribution in [0, 0.1) is 0 Å². The van der Waals surface area contributed by atoms with Crippen molar-refractivity contribution in [3.8, 4) is 0 Å². The fraction of sp³-hybridized carbons (Fsp3) is 0.625. The first-order valence-electron chi connectivity index (χ1n) is 4.41. The molecule has 1 aromatic rings. The third-order valence-electron chi connectivity index (χ3n) is 2.02. The van der Waals surface area contributed by atoms with E-state index in [0.717, 1.165) is 0 Å². The quantitative estimate of drug-likeness (QED) is 0.619. The lowest BCUT2D eigenvalue weighted by atomic mass is 10.0. The highest BCUT2D eigenvalue weighted by molar-refractivity contribution is 5.90. The van der Waals surface area contributed by atoms with Crippen LogP contribution < -0.4 is 5.32 Å². The summed E-state index contributed by atoms with van der Waals surface area (Å²) in [6.45, 7) is 3.71. The van der Waals surface area contributed by atoms with Gasteiger partial charge < -0.3 is 10.4 Å². The number of aromatic amines is 1. The maximum atomic E-state index is 11.3. The zero-order chi connectivity index (χ0) is 10.6. The Labute approximate surface area is 81.7 Å². The van der Waals surface area contributed by atoms with Gasteiger partial charge in [0.15, 0.2) is 0 Å². The number of amides is 1. The molecular formula is C8H14N4O2. The second-order valence-corrected chi connectivity index (χ2v) is 3.37. The van der Waals surface area contributed by atoms with Crippen LogP contribution in [0.25, 0.3) is 0 Å². The van der Waals surface area contributed by atoms with Crippen molar-refractivity contribution < 1.29 is 9.90 Å². The van der Waals surface area contributed by atoms with Gasteiger partial charge in [-0.15, -0.1) is 0 Å². The smallest absolute Gasteiger partial charge is 0.288 e. The van der Waals surface area contributed by atoms with E-state index in [-0.39, 0.29) is 18.3 Å². The summed E-state index contributed by atoms with van der Waals surface area (Å²) in [6.07, 6.45) is 1.83. The first-order chi connectivity index (χ1) is 6.55. The highest BCUT2D eigenvalue weighted by Crippen LogP contribution is 2.05. The van der Waals surface area contributed by atoms with E-state index in [9.17, 15) is 9.90 Å². The number of hydrogen-bond donors (Lipinski definition) is 3. The van der Waals surface area contributed by atoms with Crippen LogP contribution in [0.4, 0.5) is 0 Å². The summed E-state index contributed by atoms with van der Waals surface area (Å²) in [6, 6.07) is 0. The minimum atomic E-state index is -0.879. The number of aliphatic hydroxyl groups is 1. The number of hydrogen-bond acceptors (Lipinski definition) is 4. The normalized spacial score (nSPS) is 14.8. The van der Waals surface area contributed by atoms with E-state index in [1.807, 2.05) is 6.92 Å². The van der Waals surface area contributed by atoms with E-state index < -0.39 is 5.60 Å². The molecule has 0 saturated heterocycles. The van der Waals surface area contributed by atoms with Gasteiger partial charge in [0, 0.05) is 6.54 Å². The van der Waals surface area contributed by atoms with Crippen molar-refractivity contribution in [2.75, 3.05) is 6.54 Å². The maximum absolute atomic E-state index is 11.3. The molecule has 14 heavy (non-hydrogen) atoms. The second kappa shape index (κ2) is 4.19. The van der Waals surface area contributed by atoms with E-state index >= 15 is 0 Å². The molecule has 0 fully saturated rings. The highest BCUT2D eigenvalue weighted by Gasteiger charge is 2.19. The molecule has 0 aliphatic heterocycles. The molecule has 1 amide bonds. The molecule has 0 aromatic carbocycles. The van der Waals surface area contributed by atoms with Crippen LogP contribution >= 0.6 is 0 Å². The Morgan fingerprint density at radius 2 is 2.50 bits per heavy atom. The molecule has 1 rings (SSSR count). The lowest BCUT2D eigenvalue weighted by Crippen LogP contribution is -2.40. The van der Waals surface area contributed by atoms with E-state index in [1.54, 1.807) is 6.92 Å². The molecule has 0 aliphatic rings.